The highest BCUT2D eigenvalue weighted by Crippen LogP contribution is 2.35. The van der Waals surface area contributed by atoms with Crippen molar-refractivity contribution in [3.63, 3.8) is 0 Å². The minimum atomic E-state index is -0.822. The van der Waals surface area contributed by atoms with Crippen LogP contribution in [0.25, 0.3) is 10.8 Å². The van der Waals surface area contributed by atoms with E-state index in [0.717, 1.165) is 29.2 Å². The van der Waals surface area contributed by atoms with Gasteiger partial charge in [0.1, 0.15) is 0 Å². The van der Waals surface area contributed by atoms with Crippen LogP contribution in [0.5, 0.6) is 0 Å². The van der Waals surface area contributed by atoms with Gasteiger partial charge in [-0.15, -0.1) is 0 Å². The molecule has 3 rings (SSSR count). The molecule has 0 saturated carbocycles. The molecule has 2 aromatic carbocycles. The highest BCUT2D eigenvalue weighted by Gasteiger charge is 2.31. The van der Waals surface area contributed by atoms with E-state index >= 15 is 0 Å². The number of carbonyl (C=O) groups is 1. The van der Waals surface area contributed by atoms with E-state index in [1.807, 2.05) is 36.4 Å². The number of hydrogen-bond donors (Lipinski definition) is 1. The van der Waals surface area contributed by atoms with Crippen molar-refractivity contribution in [2.24, 2.45) is 0 Å². The summed E-state index contributed by atoms with van der Waals surface area (Å²) in [6.07, 6.45) is 1.08. The summed E-state index contributed by atoms with van der Waals surface area (Å²) in [5.74, 6) is -0.0646. The molecule has 2 aromatic rings. The first-order chi connectivity index (χ1) is 9.24. The predicted octanol–water partition coefficient (Wildman–Crippen LogP) is 3.09. The summed E-state index contributed by atoms with van der Waals surface area (Å²) in [5.41, 5.74) is 1.54. The number of hydrogen-bond acceptors (Lipinski definition) is 2. The number of benzene rings is 2. The average molecular weight is 255 g/mol. The summed E-state index contributed by atoms with van der Waals surface area (Å²) < 4.78 is 0. The summed E-state index contributed by atoms with van der Waals surface area (Å²) in [4.78, 5) is 14.1. The fourth-order valence-electron chi connectivity index (χ4n) is 2.75. The highest BCUT2D eigenvalue weighted by molar-refractivity contribution is 6.10. The minimum Gasteiger partial charge on any atom is -0.369 e. The van der Waals surface area contributed by atoms with Crippen molar-refractivity contribution in [1.29, 1.82) is 0 Å². The molecular formula is C16H17NO2. The number of rotatable bonds is 3. The zero-order chi connectivity index (χ0) is 13.4. The van der Waals surface area contributed by atoms with Crippen molar-refractivity contribution >= 4 is 16.7 Å². The van der Waals surface area contributed by atoms with Crippen LogP contribution < -0.4 is 0 Å². The van der Waals surface area contributed by atoms with E-state index in [9.17, 15) is 9.90 Å². The van der Waals surface area contributed by atoms with Gasteiger partial charge in [0.25, 0.3) is 5.91 Å². The van der Waals surface area contributed by atoms with E-state index in [4.69, 9.17) is 0 Å². The SMILES string of the molecule is CCCCN1C(=O)c2cccc3cccc(c23)C1O. The second kappa shape index (κ2) is 4.67. The van der Waals surface area contributed by atoms with Gasteiger partial charge in [0.05, 0.1) is 0 Å². The zero-order valence-corrected chi connectivity index (χ0v) is 11.0. The molecule has 3 nitrogen and oxygen atoms in total. The van der Waals surface area contributed by atoms with Crippen molar-refractivity contribution in [1.82, 2.24) is 4.90 Å². The van der Waals surface area contributed by atoms with Crippen LogP contribution in [0.15, 0.2) is 36.4 Å². The van der Waals surface area contributed by atoms with E-state index in [0.29, 0.717) is 12.1 Å². The van der Waals surface area contributed by atoms with Crippen molar-refractivity contribution < 1.29 is 9.90 Å². The molecule has 1 unspecified atom stereocenters. The lowest BCUT2D eigenvalue weighted by Crippen LogP contribution is -2.38. The Morgan fingerprint density at radius 3 is 2.68 bits per heavy atom. The van der Waals surface area contributed by atoms with Crippen LogP contribution in [0.4, 0.5) is 0 Å². The minimum absolute atomic E-state index is 0.0646. The molecule has 1 aliphatic heterocycles. The lowest BCUT2D eigenvalue weighted by atomic mass is 9.93. The highest BCUT2D eigenvalue weighted by atomic mass is 16.3. The normalized spacial score (nSPS) is 18.1. The summed E-state index contributed by atoms with van der Waals surface area (Å²) in [5, 5.41) is 12.3. The second-order valence-electron chi connectivity index (χ2n) is 4.98. The molecule has 1 atom stereocenters. The van der Waals surface area contributed by atoms with Gasteiger partial charge in [-0.3, -0.25) is 4.79 Å². The van der Waals surface area contributed by atoms with Gasteiger partial charge < -0.3 is 10.0 Å². The summed E-state index contributed by atoms with van der Waals surface area (Å²) in [6.45, 7) is 2.68. The van der Waals surface area contributed by atoms with Gasteiger partial charge in [0, 0.05) is 23.1 Å². The monoisotopic (exact) mass is 255 g/mol. The van der Waals surface area contributed by atoms with E-state index < -0.39 is 6.23 Å². The maximum absolute atomic E-state index is 12.5. The third kappa shape index (κ3) is 1.81. The van der Waals surface area contributed by atoms with Crippen LogP contribution >= 0.6 is 0 Å². The molecule has 0 radical (unpaired) electrons. The Labute approximate surface area is 112 Å². The third-order valence-corrected chi connectivity index (χ3v) is 3.75. The van der Waals surface area contributed by atoms with Gasteiger partial charge in [-0.2, -0.15) is 0 Å². The van der Waals surface area contributed by atoms with Gasteiger partial charge in [-0.25, -0.2) is 0 Å². The Hall–Kier alpha value is -1.87. The summed E-state index contributed by atoms with van der Waals surface area (Å²) >= 11 is 0. The second-order valence-corrected chi connectivity index (χ2v) is 4.98. The topological polar surface area (TPSA) is 40.5 Å². The number of unbranched alkanes of at least 4 members (excludes halogenated alkanes) is 1. The van der Waals surface area contributed by atoms with Crippen molar-refractivity contribution in [3.05, 3.63) is 47.5 Å². The van der Waals surface area contributed by atoms with Crippen LogP contribution in [0.2, 0.25) is 0 Å². The summed E-state index contributed by atoms with van der Waals surface area (Å²) in [6, 6.07) is 11.5. The number of aliphatic hydroxyl groups is 1. The van der Waals surface area contributed by atoms with Gasteiger partial charge in [0.2, 0.25) is 0 Å². The first-order valence-electron chi connectivity index (χ1n) is 6.74. The van der Waals surface area contributed by atoms with Gasteiger partial charge >= 0.3 is 0 Å². The molecule has 0 saturated heterocycles. The van der Waals surface area contributed by atoms with Gasteiger partial charge in [-0.05, 0) is 17.9 Å². The van der Waals surface area contributed by atoms with Crippen LogP contribution in [-0.4, -0.2) is 22.5 Å². The van der Waals surface area contributed by atoms with E-state index in [1.165, 1.54) is 0 Å². The number of amides is 1. The van der Waals surface area contributed by atoms with Crippen molar-refractivity contribution in [3.8, 4) is 0 Å². The third-order valence-electron chi connectivity index (χ3n) is 3.75. The van der Waals surface area contributed by atoms with Crippen LogP contribution in [0, 0.1) is 0 Å². The first-order valence-corrected chi connectivity index (χ1v) is 6.74. The average Bonchev–Trinajstić information content (AvgIpc) is 2.44. The molecule has 0 spiro atoms. The molecule has 1 aliphatic rings. The van der Waals surface area contributed by atoms with Crippen molar-refractivity contribution in [2.45, 2.75) is 26.0 Å². The molecule has 3 heteroatoms. The lowest BCUT2D eigenvalue weighted by Gasteiger charge is -2.33. The molecular weight excluding hydrogens is 238 g/mol. The fraction of sp³-hybridized carbons (Fsp3) is 0.312. The van der Waals surface area contributed by atoms with Gasteiger partial charge in [-0.1, -0.05) is 43.7 Å². The number of nitrogens with zero attached hydrogens (tertiary/aromatic N) is 1. The lowest BCUT2D eigenvalue weighted by molar-refractivity contribution is 0.00440. The molecule has 98 valence electrons. The smallest absolute Gasteiger partial charge is 0.256 e. The Kier molecular flexibility index (Phi) is 2.99. The van der Waals surface area contributed by atoms with Crippen LogP contribution in [0.3, 0.4) is 0 Å². The Morgan fingerprint density at radius 1 is 1.21 bits per heavy atom. The maximum atomic E-state index is 12.5. The van der Waals surface area contributed by atoms with E-state index in [-0.39, 0.29) is 5.91 Å². The molecule has 1 heterocycles. The van der Waals surface area contributed by atoms with Crippen LogP contribution in [0.1, 0.15) is 41.9 Å². The van der Waals surface area contributed by atoms with Crippen molar-refractivity contribution in [2.75, 3.05) is 6.54 Å². The van der Waals surface area contributed by atoms with Crippen LogP contribution in [-0.2, 0) is 0 Å². The zero-order valence-electron chi connectivity index (χ0n) is 11.0. The fourth-order valence-corrected chi connectivity index (χ4v) is 2.75. The molecule has 1 amide bonds. The molecule has 0 aromatic heterocycles. The van der Waals surface area contributed by atoms with E-state index in [1.54, 1.807) is 4.90 Å². The molecule has 0 bridgehead atoms. The Morgan fingerprint density at radius 2 is 1.95 bits per heavy atom. The number of carbonyl (C=O) groups excluding carboxylic acids is 1. The predicted molar refractivity (Wildman–Crippen MR) is 74.9 cm³/mol. The maximum Gasteiger partial charge on any atom is 0.256 e. The first kappa shape index (κ1) is 12.2. The molecule has 0 aliphatic carbocycles. The largest absolute Gasteiger partial charge is 0.369 e. The number of aliphatic hydroxyl groups excluding tert-OH is 1. The molecule has 0 fully saturated rings. The van der Waals surface area contributed by atoms with Gasteiger partial charge in [0.15, 0.2) is 6.23 Å². The van der Waals surface area contributed by atoms with E-state index in [2.05, 4.69) is 6.92 Å². The Balaban J connectivity index is 2.16. The standard InChI is InChI=1S/C16H17NO2/c1-2-3-10-17-15(18)12-8-4-6-11-7-5-9-13(14(11)12)16(17)19/h4-9,15,18H,2-3,10H2,1H3. The molecule has 19 heavy (non-hydrogen) atoms. The molecule has 1 N–H and O–H groups in total. The summed E-state index contributed by atoms with van der Waals surface area (Å²) in [7, 11) is 0. The Bertz CT molecular complexity index is 630. The quantitative estimate of drug-likeness (QED) is 0.915.